The first kappa shape index (κ1) is 18.0. The Labute approximate surface area is 140 Å². The first-order chi connectivity index (χ1) is 10.6. The molecule has 23 heavy (non-hydrogen) atoms. The molecule has 1 atom stereocenters. The van der Waals surface area contributed by atoms with Crippen LogP contribution in [0.25, 0.3) is 0 Å². The van der Waals surface area contributed by atoms with Gasteiger partial charge in [0.1, 0.15) is 0 Å². The van der Waals surface area contributed by atoms with Crippen molar-refractivity contribution in [3.8, 4) is 0 Å². The van der Waals surface area contributed by atoms with E-state index in [4.69, 9.17) is 9.31 Å². The van der Waals surface area contributed by atoms with Crippen molar-refractivity contribution < 1.29 is 14.1 Å². The van der Waals surface area contributed by atoms with E-state index in [0.29, 0.717) is 6.42 Å². The zero-order valence-electron chi connectivity index (χ0n) is 15.1. The van der Waals surface area contributed by atoms with Crippen LogP contribution >= 0.6 is 0 Å². The fourth-order valence-electron chi connectivity index (χ4n) is 2.68. The summed E-state index contributed by atoms with van der Waals surface area (Å²) in [6.07, 6.45) is 2.47. The van der Waals surface area contributed by atoms with Crippen LogP contribution in [0.3, 0.4) is 0 Å². The molecular weight excluding hydrogens is 287 g/mol. The molecule has 0 unspecified atom stereocenters. The summed E-state index contributed by atoms with van der Waals surface area (Å²) in [4.78, 5) is 12.6. The molecule has 0 saturated carbocycles. The predicted octanol–water partition coefficient (Wildman–Crippen LogP) is 4.69. The highest BCUT2D eigenvalue weighted by molar-refractivity contribution is 6.48. The number of carbonyl (C=O) groups excluding carboxylic acids is 1. The first-order valence-corrected chi connectivity index (χ1v) is 8.21. The summed E-state index contributed by atoms with van der Waals surface area (Å²) in [7, 11) is -0.400. The molecule has 2 rings (SSSR count). The molecule has 4 heteroatoms. The number of ketones is 1. The standard InChI is InChI=1S/C19H27BO3/c1-14(2)12-16(13-17(21)15-10-8-7-9-11-15)20-22-18(3,4)19(5,6)23-20/h7-12,16H,13H2,1-6H3/t16-/m1/s1. The molecule has 1 aromatic carbocycles. The van der Waals surface area contributed by atoms with Gasteiger partial charge in [0.25, 0.3) is 0 Å². The number of carbonyl (C=O) groups is 1. The fraction of sp³-hybridized carbons (Fsp3) is 0.526. The van der Waals surface area contributed by atoms with Gasteiger partial charge in [-0.3, -0.25) is 4.79 Å². The second kappa shape index (κ2) is 6.62. The van der Waals surface area contributed by atoms with E-state index in [0.717, 1.165) is 11.1 Å². The molecule has 1 saturated heterocycles. The van der Waals surface area contributed by atoms with E-state index in [9.17, 15) is 4.79 Å². The van der Waals surface area contributed by atoms with Crippen LogP contribution in [0.5, 0.6) is 0 Å². The Morgan fingerprint density at radius 1 is 1.09 bits per heavy atom. The molecule has 0 spiro atoms. The Bertz CT molecular complexity index is 570. The Morgan fingerprint density at radius 3 is 2.09 bits per heavy atom. The largest absolute Gasteiger partial charge is 0.465 e. The SMILES string of the molecule is CC(C)=C[C@H](CC(=O)c1ccccc1)B1OC(C)(C)C(C)(C)O1. The Hall–Kier alpha value is -1.39. The monoisotopic (exact) mass is 314 g/mol. The molecule has 0 amide bonds. The number of hydrogen-bond acceptors (Lipinski definition) is 3. The van der Waals surface area contributed by atoms with Crippen molar-refractivity contribution in [3.63, 3.8) is 0 Å². The minimum atomic E-state index is -0.400. The summed E-state index contributed by atoms with van der Waals surface area (Å²) in [5, 5.41) is 0. The number of Topliss-reactive ketones (excluding diaryl/α,β-unsaturated/α-hetero) is 1. The highest BCUT2D eigenvalue weighted by Crippen LogP contribution is 2.41. The van der Waals surface area contributed by atoms with E-state index in [-0.39, 0.29) is 22.8 Å². The second-order valence-corrected chi connectivity index (χ2v) is 7.53. The molecule has 0 aromatic heterocycles. The Balaban J connectivity index is 2.19. The Kier molecular flexibility index (Phi) is 5.17. The van der Waals surface area contributed by atoms with E-state index >= 15 is 0 Å². The topological polar surface area (TPSA) is 35.5 Å². The van der Waals surface area contributed by atoms with Gasteiger partial charge in [0, 0.05) is 17.8 Å². The quantitative estimate of drug-likeness (QED) is 0.449. The van der Waals surface area contributed by atoms with E-state index < -0.39 is 7.12 Å². The van der Waals surface area contributed by atoms with Crippen molar-refractivity contribution in [2.75, 3.05) is 0 Å². The van der Waals surface area contributed by atoms with Gasteiger partial charge in [-0.15, -0.1) is 0 Å². The molecule has 3 nitrogen and oxygen atoms in total. The molecule has 124 valence electrons. The van der Waals surface area contributed by atoms with Crippen molar-refractivity contribution in [2.24, 2.45) is 0 Å². The first-order valence-electron chi connectivity index (χ1n) is 8.21. The third-order valence-electron chi connectivity index (χ3n) is 4.69. The number of allylic oxidation sites excluding steroid dienone is 2. The fourth-order valence-corrected chi connectivity index (χ4v) is 2.68. The van der Waals surface area contributed by atoms with Gasteiger partial charge in [-0.2, -0.15) is 0 Å². The summed E-state index contributed by atoms with van der Waals surface area (Å²) >= 11 is 0. The van der Waals surface area contributed by atoms with Crippen LogP contribution in [0.1, 0.15) is 58.3 Å². The summed E-state index contributed by atoms with van der Waals surface area (Å²) < 4.78 is 12.3. The van der Waals surface area contributed by atoms with Crippen molar-refractivity contribution in [3.05, 3.63) is 47.5 Å². The minimum absolute atomic E-state index is 0.0891. The summed E-state index contributed by atoms with van der Waals surface area (Å²) in [5.41, 5.74) is 1.12. The van der Waals surface area contributed by atoms with Crippen LogP contribution in [0.4, 0.5) is 0 Å². The van der Waals surface area contributed by atoms with Gasteiger partial charge < -0.3 is 9.31 Å². The highest BCUT2D eigenvalue weighted by Gasteiger charge is 2.53. The molecule has 0 radical (unpaired) electrons. The summed E-state index contributed by atoms with van der Waals surface area (Å²) in [5.74, 6) is 0.0246. The van der Waals surface area contributed by atoms with Crippen molar-refractivity contribution in [1.29, 1.82) is 0 Å². The lowest BCUT2D eigenvalue weighted by molar-refractivity contribution is 0.00578. The maximum absolute atomic E-state index is 12.6. The smallest absolute Gasteiger partial charge is 0.403 e. The maximum Gasteiger partial charge on any atom is 0.465 e. The van der Waals surface area contributed by atoms with Gasteiger partial charge in [-0.1, -0.05) is 42.0 Å². The van der Waals surface area contributed by atoms with Gasteiger partial charge in [0.15, 0.2) is 5.78 Å². The van der Waals surface area contributed by atoms with E-state index in [1.165, 1.54) is 0 Å². The van der Waals surface area contributed by atoms with Crippen LogP contribution < -0.4 is 0 Å². The molecule has 1 fully saturated rings. The average molecular weight is 314 g/mol. The van der Waals surface area contributed by atoms with Crippen molar-refractivity contribution in [2.45, 2.75) is 65.0 Å². The number of benzene rings is 1. The van der Waals surface area contributed by atoms with Gasteiger partial charge in [0.05, 0.1) is 11.2 Å². The third kappa shape index (κ3) is 4.12. The lowest BCUT2D eigenvalue weighted by Gasteiger charge is -2.32. The lowest BCUT2D eigenvalue weighted by atomic mass is 9.68. The summed E-state index contributed by atoms with van der Waals surface area (Å²) in [6, 6.07) is 9.40. The van der Waals surface area contributed by atoms with E-state index in [1.54, 1.807) is 0 Å². The van der Waals surface area contributed by atoms with Crippen LogP contribution in [0.2, 0.25) is 5.82 Å². The molecule has 1 aromatic rings. The van der Waals surface area contributed by atoms with Crippen molar-refractivity contribution >= 4 is 12.9 Å². The van der Waals surface area contributed by atoms with Gasteiger partial charge in [-0.05, 0) is 41.5 Å². The van der Waals surface area contributed by atoms with E-state index in [2.05, 4.69) is 6.08 Å². The molecule has 0 bridgehead atoms. The predicted molar refractivity (Wildman–Crippen MR) is 94.7 cm³/mol. The maximum atomic E-state index is 12.6. The average Bonchev–Trinajstić information content (AvgIpc) is 2.67. The van der Waals surface area contributed by atoms with E-state index in [1.807, 2.05) is 71.9 Å². The summed E-state index contributed by atoms with van der Waals surface area (Å²) in [6.45, 7) is 12.2. The number of rotatable bonds is 5. The minimum Gasteiger partial charge on any atom is -0.403 e. The molecule has 0 N–H and O–H groups in total. The highest BCUT2D eigenvalue weighted by atomic mass is 16.7. The lowest BCUT2D eigenvalue weighted by Crippen LogP contribution is -2.41. The molecule has 1 heterocycles. The molecule has 1 aliphatic heterocycles. The van der Waals surface area contributed by atoms with Crippen molar-refractivity contribution in [1.82, 2.24) is 0 Å². The van der Waals surface area contributed by atoms with Gasteiger partial charge in [0.2, 0.25) is 0 Å². The molecule has 0 aliphatic carbocycles. The van der Waals surface area contributed by atoms with Crippen LogP contribution in [0.15, 0.2) is 42.0 Å². The van der Waals surface area contributed by atoms with Crippen LogP contribution in [0, 0.1) is 0 Å². The van der Waals surface area contributed by atoms with Gasteiger partial charge >= 0.3 is 7.12 Å². The van der Waals surface area contributed by atoms with Crippen LogP contribution in [-0.4, -0.2) is 24.1 Å². The Morgan fingerprint density at radius 2 is 1.61 bits per heavy atom. The molecular formula is C19H27BO3. The van der Waals surface area contributed by atoms with Gasteiger partial charge in [-0.25, -0.2) is 0 Å². The number of hydrogen-bond donors (Lipinski definition) is 0. The molecule has 1 aliphatic rings. The normalized spacial score (nSPS) is 20.2. The second-order valence-electron chi connectivity index (χ2n) is 7.53. The van der Waals surface area contributed by atoms with Crippen LogP contribution in [-0.2, 0) is 9.31 Å². The zero-order chi connectivity index (χ0) is 17.3. The zero-order valence-corrected chi connectivity index (χ0v) is 15.1. The third-order valence-corrected chi connectivity index (χ3v) is 4.69.